The molecule has 0 aliphatic heterocycles. The van der Waals surface area contributed by atoms with Crippen molar-refractivity contribution in [1.29, 1.82) is 0 Å². The quantitative estimate of drug-likeness (QED) is 0.379. The molecule has 0 spiro atoms. The smallest absolute Gasteiger partial charge is 0.119 e. The molecule has 0 radical (unpaired) electrons. The van der Waals surface area contributed by atoms with Crippen molar-refractivity contribution in [2.45, 2.75) is 89.9 Å². The summed E-state index contributed by atoms with van der Waals surface area (Å²) in [5.41, 5.74) is 4.11. The number of ether oxygens (including phenoxy) is 1. The molecule has 2 aromatic rings. The summed E-state index contributed by atoms with van der Waals surface area (Å²) in [6, 6.07) is 17.8. The average Bonchev–Trinajstić information content (AvgIpc) is 2.89. The Hall–Kier alpha value is -2.46. The van der Waals surface area contributed by atoms with Gasteiger partial charge in [-0.05, 0) is 123 Å². The topological polar surface area (TPSA) is 9.23 Å². The first-order chi connectivity index (χ1) is 16.7. The first-order valence-electron chi connectivity index (χ1n) is 13.8. The van der Waals surface area contributed by atoms with Crippen LogP contribution in [0.15, 0.2) is 60.7 Å². The zero-order valence-electron chi connectivity index (χ0n) is 21.3. The highest BCUT2D eigenvalue weighted by molar-refractivity contribution is 5.39. The molecule has 180 valence electrons. The van der Waals surface area contributed by atoms with Crippen molar-refractivity contribution in [3.8, 4) is 17.6 Å². The van der Waals surface area contributed by atoms with Gasteiger partial charge in [-0.15, -0.1) is 0 Å². The van der Waals surface area contributed by atoms with Crippen LogP contribution in [0.3, 0.4) is 0 Å². The number of rotatable bonds is 7. The molecule has 0 heterocycles. The zero-order valence-corrected chi connectivity index (χ0v) is 21.3. The van der Waals surface area contributed by atoms with Crippen molar-refractivity contribution < 1.29 is 4.74 Å². The van der Waals surface area contributed by atoms with Crippen LogP contribution in [0.1, 0.15) is 107 Å². The Labute approximate surface area is 208 Å². The maximum atomic E-state index is 5.57. The highest BCUT2D eigenvalue weighted by atomic mass is 16.5. The third-order valence-corrected chi connectivity index (χ3v) is 8.03. The van der Waals surface area contributed by atoms with Gasteiger partial charge in [0.2, 0.25) is 0 Å². The van der Waals surface area contributed by atoms with E-state index in [1.54, 1.807) is 0 Å². The van der Waals surface area contributed by atoms with E-state index in [-0.39, 0.29) is 0 Å². The van der Waals surface area contributed by atoms with Crippen LogP contribution >= 0.6 is 0 Å². The first-order valence-corrected chi connectivity index (χ1v) is 13.8. The monoisotopic (exact) mass is 454 g/mol. The summed E-state index contributed by atoms with van der Waals surface area (Å²) in [5.74, 6) is 10.7. The number of allylic oxidation sites excluding steroid dienone is 2. The summed E-state index contributed by atoms with van der Waals surface area (Å²) in [4.78, 5) is 0. The first kappa shape index (κ1) is 24.7. The van der Waals surface area contributed by atoms with Gasteiger partial charge >= 0.3 is 0 Å². The third-order valence-electron chi connectivity index (χ3n) is 8.03. The minimum atomic E-state index is 0.665. The summed E-state index contributed by atoms with van der Waals surface area (Å²) in [6.45, 7) is 5.07. The van der Waals surface area contributed by atoms with Crippen LogP contribution in [0.4, 0.5) is 0 Å². The van der Waals surface area contributed by atoms with Crippen molar-refractivity contribution in [1.82, 2.24) is 0 Å². The maximum Gasteiger partial charge on any atom is 0.119 e. The summed E-state index contributed by atoms with van der Waals surface area (Å²) in [7, 11) is 0. The Morgan fingerprint density at radius 2 is 1.35 bits per heavy atom. The Balaban J connectivity index is 1.21. The number of benzene rings is 2. The van der Waals surface area contributed by atoms with E-state index in [1.807, 2.05) is 6.92 Å². The zero-order chi connectivity index (χ0) is 23.6. The van der Waals surface area contributed by atoms with Crippen LogP contribution in [0, 0.1) is 23.7 Å². The van der Waals surface area contributed by atoms with E-state index in [0.29, 0.717) is 11.8 Å². The van der Waals surface area contributed by atoms with Gasteiger partial charge in [0.25, 0.3) is 0 Å². The Morgan fingerprint density at radius 1 is 0.765 bits per heavy atom. The molecule has 2 aromatic carbocycles. The minimum Gasteiger partial charge on any atom is -0.494 e. The Morgan fingerprint density at radius 3 is 1.94 bits per heavy atom. The number of hydrogen-bond donors (Lipinski definition) is 0. The van der Waals surface area contributed by atoms with Crippen molar-refractivity contribution >= 4 is 0 Å². The fourth-order valence-corrected chi connectivity index (χ4v) is 5.99. The standard InChI is InChI=1S/C33H42O/c1-3-7-26-10-16-29(17-11-26)30-18-12-27(13-19-30)8-5-6-9-28-14-20-31(21-15-28)32-22-24-33(25-23-32)34-4-2/h6,9,12-13,18-19,22-26,28-29,31H,3-4,7,10-11,14-17,20-21H2,1-2H3/t26-,28-,29-,31-. The Bertz CT molecular complexity index is 940. The summed E-state index contributed by atoms with van der Waals surface area (Å²) < 4.78 is 5.57. The van der Waals surface area contributed by atoms with Crippen molar-refractivity contribution in [2.75, 3.05) is 6.61 Å². The van der Waals surface area contributed by atoms with Gasteiger partial charge < -0.3 is 4.74 Å². The van der Waals surface area contributed by atoms with Gasteiger partial charge in [-0.3, -0.25) is 0 Å². The molecular weight excluding hydrogens is 412 g/mol. The van der Waals surface area contributed by atoms with Gasteiger partial charge in [0.1, 0.15) is 5.75 Å². The van der Waals surface area contributed by atoms with Gasteiger partial charge in [-0.25, -0.2) is 0 Å². The van der Waals surface area contributed by atoms with Gasteiger partial charge in [0.05, 0.1) is 6.61 Å². The summed E-state index contributed by atoms with van der Waals surface area (Å²) in [6.07, 6.45) is 17.8. The molecule has 2 saturated carbocycles. The van der Waals surface area contributed by atoms with Crippen LogP contribution in [-0.4, -0.2) is 6.61 Å². The highest BCUT2D eigenvalue weighted by Gasteiger charge is 2.22. The van der Waals surface area contributed by atoms with E-state index in [2.05, 4.69) is 79.4 Å². The predicted octanol–water partition coefficient (Wildman–Crippen LogP) is 9.04. The molecule has 1 heteroatoms. The van der Waals surface area contributed by atoms with Gasteiger partial charge in [0, 0.05) is 5.56 Å². The van der Waals surface area contributed by atoms with E-state index in [1.165, 1.54) is 75.3 Å². The van der Waals surface area contributed by atoms with Crippen molar-refractivity contribution in [2.24, 2.45) is 11.8 Å². The fraction of sp³-hybridized carbons (Fsp3) is 0.515. The lowest BCUT2D eigenvalue weighted by Crippen LogP contribution is -2.13. The molecule has 0 atom stereocenters. The van der Waals surface area contributed by atoms with Crippen LogP contribution < -0.4 is 4.74 Å². The SMILES string of the molecule is CCC[C@H]1CC[C@H](c2ccc(C#CC=C[C@H]3CC[C@H](c4ccc(OCC)cc4)CC3)cc2)CC1. The van der Waals surface area contributed by atoms with Gasteiger partial charge in [-0.1, -0.05) is 61.9 Å². The molecule has 0 saturated heterocycles. The molecular formula is C33H42O. The highest BCUT2D eigenvalue weighted by Crippen LogP contribution is 2.38. The average molecular weight is 455 g/mol. The number of hydrogen-bond acceptors (Lipinski definition) is 1. The molecule has 4 rings (SSSR count). The van der Waals surface area contributed by atoms with E-state index in [0.717, 1.165) is 29.8 Å². The molecule has 2 aliphatic carbocycles. The van der Waals surface area contributed by atoms with Crippen LogP contribution in [0.2, 0.25) is 0 Å². The minimum absolute atomic E-state index is 0.665. The molecule has 0 unspecified atom stereocenters. The van der Waals surface area contributed by atoms with Gasteiger partial charge in [-0.2, -0.15) is 0 Å². The Kier molecular flexibility index (Phi) is 9.32. The summed E-state index contributed by atoms with van der Waals surface area (Å²) >= 11 is 0. The molecule has 2 aliphatic rings. The second kappa shape index (κ2) is 12.9. The van der Waals surface area contributed by atoms with Crippen LogP contribution in [-0.2, 0) is 0 Å². The fourth-order valence-electron chi connectivity index (χ4n) is 5.99. The largest absolute Gasteiger partial charge is 0.494 e. The van der Waals surface area contributed by atoms with E-state index < -0.39 is 0 Å². The molecule has 2 fully saturated rings. The van der Waals surface area contributed by atoms with Crippen LogP contribution in [0.25, 0.3) is 0 Å². The lowest BCUT2D eigenvalue weighted by atomic mass is 9.77. The third kappa shape index (κ3) is 7.02. The molecule has 1 nitrogen and oxygen atoms in total. The van der Waals surface area contributed by atoms with Crippen molar-refractivity contribution in [3.05, 3.63) is 77.4 Å². The predicted molar refractivity (Wildman–Crippen MR) is 144 cm³/mol. The lowest BCUT2D eigenvalue weighted by molar-refractivity contribution is 0.308. The molecule has 0 N–H and O–H groups in total. The second-order valence-corrected chi connectivity index (χ2v) is 10.4. The molecule has 34 heavy (non-hydrogen) atoms. The second-order valence-electron chi connectivity index (χ2n) is 10.4. The summed E-state index contributed by atoms with van der Waals surface area (Å²) in [5, 5.41) is 0. The maximum absolute atomic E-state index is 5.57. The van der Waals surface area contributed by atoms with Gasteiger partial charge in [0.15, 0.2) is 0 Å². The molecule has 0 bridgehead atoms. The molecule has 0 aromatic heterocycles. The lowest BCUT2D eigenvalue weighted by Gasteiger charge is -2.28. The van der Waals surface area contributed by atoms with Crippen LogP contribution in [0.5, 0.6) is 5.75 Å². The van der Waals surface area contributed by atoms with E-state index in [9.17, 15) is 0 Å². The normalized spacial score (nSPS) is 25.0. The van der Waals surface area contributed by atoms with E-state index >= 15 is 0 Å². The van der Waals surface area contributed by atoms with E-state index in [4.69, 9.17) is 4.74 Å². The molecule has 0 amide bonds. The van der Waals surface area contributed by atoms with Crippen molar-refractivity contribution in [3.63, 3.8) is 0 Å².